The average Bonchev–Trinajstić information content (AvgIpc) is 3.14. The number of hydrogen-bond donors (Lipinski definition) is 0. The second-order valence-electron chi connectivity index (χ2n) is 6.81. The van der Waals surface area contributed by atoms with E-state index >= 15 is 0 Å². The van der Waals surface area contributed by atoms with Crippen molar-refractivity contribution in [3.63, 3.8) is 0 Å². The highest BCUT2D eigenvalue weighted by molar-refractivity contribution is 5.80. The Morgan fingerprint density at radius 3 is 2.57 bits per heavy atom. The first-order chi connectivity index (χ1) is 13.5. The Kier molecular flexibility index (Phi) is 6.09. The maximum absolute atomic E-state index is 12.8. The van der Waals surface area contributed by atoms with Gasteiger partial charge in [-0.15, -0.1) is 0 Å². The van der Waals surface area contributed by atoms with Crippen LogP contribution in [0.15, 0.2) is 53.1 Å². The fourth-order valence-electron chi connectivity index (χ4n) is 2.85. The number of carbonyl (C=O) groups excluding carboxylic acids is 1. The number of aromatic nitrogens is 2. The Balaban J connectivity index is 1.66. The molecule has 0 spiro atoms. The highest BCUT2D eigenvalue weighted by Gasteiger charge is 2.23. The lowest BCUT2D eigenvalue weighted by molar-refractivity contribution is -0.138. The zero-order valence-electron chi connectivity index (χ0n) is 16.7. The fourth-order valence-corrected chi connectivity index (χ4v) is 2.85. The van der Waals surface area contributed by atoms with Crippen LogP contribution in [0, 0.1) is 13.8 Å². The summed E-state index contributed by atoms with van der Waals surface area (Å²) >= 11 is 0. The summed E-state index contributed by atoms with van der Waals surface area (Å²) in [5, 5.41) is 4.03. The Morgan fingerprint density at radius 1 is 1.14 bits per heavy atom. The van der Waals surface area contributed by atoms with Crippen LogP contribution in [-0.4, -0.2) is 33.6 Å². The first-order valence-corrected chi connectivity index (χ1v) is 9.38. The number of ether oxygens (including phenoxy) is 1. The van der Waals surface area contributed by atoms with Gasteiger partial charge in [0.1, 0.15) is 12.3 Å². The highest BCUT2D eigenvalue weighted by Crippen LogP contribution is 2.18. The molecule has 1 amide bonds. The quantitative estimate of drug-likeness (QED) is 0.616. The summed E-state index contributed by atoms with van der Waals surface area (Å²) < 4.78 is 11.2. The largest absolute Gasteiger partial charge is 0.481 e. The van der Waals surface area contributed by atoms with Gasteiger partial charge in [0.15, 0.2) is 6.10 Å². The van der Waals surface area contributed by atoms with Gasteiger partial charge >= 0.3 is 0 Å². The van der Waals surface area contributed by atoms with Gasteiger partial charge in [0.2, 0.25) is 11.7 Å². The van der Waals surface area contributed by atoms with Crippen LogP contribution in [0.4, 0.5) is 0 Å². The van der Waals surface area contributed by atoms with E-state index in [0.717, 1.165) is 16.7 Å². The van der Waals surface area contributed by atoms with E-state index in [1.807, 2.05) is 69.3 Å². The Hall–Kier alpha value is -3.15. The average molecular weight is 379 g/mol. The van der Waals surface area contributed by atoms with Crippen molar-refractivity contribution in [1.82, 2.24) is 15.0 Å². The van der Waals surface area contributed by atoms with Gasteiger partial charge in [-0.25, -0.2) is 0 Å². The monoisotopic (exact) mass is 379 g/mol. The highest BCUT2D eigenvalue weighted by atomic mass is 16.5. The van der Waals surface area contributed by atoms with Crippen LogP contribution in [-0.2, 0) is 11.3 Å². The third-order valence-electron chi connectivity index (χ3n) is 4.45. The molecule has 3 rings (SSSR count). The Bertz CT molecular complexity index is 934. The maximum atomic E-state index is 12.8. The van der Waals surface area contributed by atoms with Crippen molar-refractivity contribution in [2.45, 2.75) is 40.3 Å². The Morgan fingerprint density at radius 2 is 1.89 bits per heavy atom. The van der Waals surface area contributed by atoms with Crippen molar-refractivity contribution in [1.29, 1.82) is 0 Å². The number of amides is 1. The summed E-state index contributed by atoms with van der Waals surface area (Å²) in [5.41, 5.74) is 3.13. The minimum atomic E-state index is -0.610. The predicted octanol–water partition coefficient (Wildman–Crippen LogP) is 4.17. The summed E-state index contributed by atoms with van der Waals surface area (Å²) in [4.78, 5) is 18.9. The van der Waals surface area contributed by atoms with Gasteiger partial charge in [-0.3, -0.25) is 4.79 Å². The second kappa shape index (κ2) is 8.69. The van der Waals surface area contributed by atoms with Crippen LogP contribution in [0.1, 0.15) is 30.9 Å². The maximum Gasteiger partial charge on any atom is 0.263 e. The van der Waals surface area contributed by atoms with Crippen molar-refractivity contribution in [2.24, 2.45) is 0 Å². The standard InChI is InChI=1S/C22H25N3O3/c1-5-25(22(26)17(4)27-19-8-6-7-16(3)13-19)14-20-23-21(24-28-20)18-11-9-15(2)10-12-18/h6-13,17H,5,14H2,1-4H3/t17-/m0/s1. The molecule has 6 nitrogen and oxygen atoms in total. The lowest BCUT2D eigenvalue weighted by atomic mass is 10.1. The van der Waals surface area contributed by atoms with E-state index in [1.54, 1.807) is 11.8 Å². The number of benzene rings is 2. The molecular formula is C22H25N3O3. The van der Waals surface area contributed by atoms with Gasteiger partial charge in [0.25, 0.3) is 5.91 Å². The zero-order chi connectivity index (χ0) is 20.1. The topological polar surface area (TPSA) is 68.5 Å². The number of nitrogens with zero attached hydrogens (tertiary/aromatic N) is 3. The van der Waals surface area contributed by atoms with Gasteiger partial charge in [-0.1, -0.05) is 47.1 Å². The Labute approximate surface area is 165 Å². The second-order valence-corrected chi connectivity index (χ2v) is 6.81. The minimum Gasteiger partial charge on any atom is -0.481 e. The van der Waals surface area contributed by atoms with Crippen molar-refractivity contribution >= 4 is 5.91 Å². The van der Waals surface area contributed by atoms with Gasteiger partial charge < -0.3 is 14.2 Å². The van der Waals surface area contributed by atoms with Gasteiger partial charge in [0, 0.05) is 12.1 Å². The van der Waals surface area contributed by atoms with Crippen molar-refractivity contribution < 1.29 is 14.1 Å². The molecular weight excluding hydrogens is 354 g/mol. The van der Waals surface area contributed by atoms with Crippen LogP contribution >= 0.6 is 0 Å². The van der Waals surface area contributed by atoms with E-state index in [9.17, 15) is 4.79 Å². The molecule has 0 aliphatic heterocycles. The molecule has 0 saturated heterocycles. The molecule has 0 unspecified atom stereocenters. The molecule has 3 aromatic rings. The van der Waals surface area contributed by atoms with Crippen LogP contribution < -0.4 is 4.74 Å². The first-order valence-electron chi connectivity index (χ1n) is 9.38. The smallest absolute Gasteiger partial charge is 0.263 e. The molecule has 2 aromatic carbocycles. The SMILES string of the molecule is CCN(Cc1nc(-c2ccc(C)cc2)no1)C(=O)[C@H](C)Oc1cccc(C)c1. The minimum absolute atomic E-state index is 0.126. The molecule has 28 heavy (non-hydrogen) atoms. The molecule has 1 heterocycles. The third kappa shape index (κ3) is 4.76. The van der Waals surface area contributed by atoms with Crippen LogP contribution in [0.25, 0.3) is 11.4 Å². The molecule has 0 fully saturated rings. The van der Waals surface area contributed by atoms with E-state index in [0.29, 0.717) is 24.0 Å². The summed E-state index contributed by atoms with van der Waals surface area (Å²) in [6.07, 6.45) is -0.610. The molecule has 0 N–H and O–H groups in total. The molecule has 0 aliphatic carbocycles. The van der Waals surface area contributed by atoms with Gasteiger partial charge in [-0.2, -0.15) is 4.98 Å². The summed E-state index contributed by atoms with van der Waals surface area (Å²) in [6, 6.07) is 15.5. The summed E-state index contributed by atoms with van der Waals surface area (Å²) in [5.74, 6) is 1.46. The third-order valence-corrected chi connectivity index (χ3v) is 4.45. The number of hydrogen-bond acceptors (Lipinski definition) is 5. The van der Waals surface area contributed by atoms with Crippen molar-refractivity contribution in [3.8, 4) is 17.1 Å². The summed E-state index contributed by atoms with van der Waals surface area (Å²) in [6.45, 7) is 8.43. The lowest BCUT2D eigenvalue weighted by Gasteiger charge is -2.23. The van der Waals surface area contributed by atoms with E-state index in [-0.39, 0.29) is 12.5 Å². The first kappa shape index (κ1) is 19.6. The predicted molar refractivity (Wildman–Crippen MR) is 107 cm³/mol. The van der Waals surface area contributed by atoms with Crippen molar-refractivity contribution in [2.75, 3.05) is 6.54 Å². The normalized spacial score (nSPS) is 11.9. The van der Waals surface area contributed by atoms with E-state index < -0.39 is 6.10 Å². The number of carbonyl (C=O) groups is 1. The molecule has 6 heteroatoms. The molecule has 1 atom stereocenters. The molecule has 0 saturated carbocycles. The van der Waals surface area contributed by atoms with Gasteiger partial charge in [0.05, 0.1) is 0 Å². The van der Waals surface area contributed by atoms with Gasteiger partial charge in [-0.05, 0) is 45.4 Å². The number of rotatable bonds is 7. The van der Waals surface area contributed by atoms with Crippen LogP contribution in [0.3, 0.4) is 0 Å². The molecule has 0 bridgehead atoms. The van der Waals surface area contributed by atoms with E-state index in [2.05, 4.69) is 10.1 Å². The fraction of sp³-hybridized carbons (Fsp3) is 0.318. The molecule has 0 radical (unpaired) electrons. The summed E-state index contributed by atoms with van der Waals surface area (Å²) in [7, 11) is 0. The lowest BCUT2D eigenvalue weighted by Crippen LogP contribution is -2.40. The van der Waals surface area contributed by atoms with Crippen molar-refractivity contribution in [3.05, 3.63) is 65.5 Å². The van der Waals surface area contributed by atoms with E-state index in [1.165, 1.54) is 0 Å². The molecule has 1 aromatic heterocycles. The molecule has 146 valence electrons. The van der Waals surface area contributed by atoms with Crippen LogP contribution in [0.5, 0.6) is 5.75 Å². The molecule has 0 aliphatic rings. The number of likely N-dealkylation sites (N-methyl/N-ethyl adjacent to an activating group) is 1. The van der Waals surface area contributed by atoms with Crippen LogP contribution in [0.2, 0.25) is 0 Å². The zero-order valence-corrected chi connectivity index (χ0v) is 16.7. The van der Waals surface area contributed by atoms with E-state index in [4.69, 9.17) is 9.26 Å². The number of aryl methyl sites for hydroxylation is 2.